The lowest BCUT2D eigenvalue weighted by atomic mass is 9.96. The molecule has 1 saturated heterocycles. The molecule has 0 radical (unpaired) electrons. The summed E-state index contributed by atoms with van der Waals surface area (Å²) in [4.78, 5) is 27.8. The zero-order chi connectivity index (χ0) is 20.4. The van der Waals surface area contributed by atoms with Gasteiger partial charge in [-0.2, -0.15) is 0 Å². The average molecular weight is 407 g/mol. The minimum Gasteiger partial charge on any atom is -0.378 e. The zero-order valence-electron chi connectivity index (χ0n) is 17.1. The predicted octanol–water partition coefficient (Wildman–Crippen LogP) is 4.60. The van der Waals surface area contributed by atoms with Gasteiger partial charge in [-0.05, 0) is 55.5 Å². The topological polar surface area (TPSA) is 49.3 Å². The third-order valence-corrected chi connectivity index (χ3v) is 6.22. The Hall–Kier alpha value is -2.73. The number of hydrogen-bond acceptors (Lipinski definition) is 5. The lowest BCUT2D eigenvalue weighted by molar-refractivity contribution is 0.0704. The Balaban J connectivity index is 1.56. The van der Waals surface area contributed by atoms with Crippen LogP contribution in [0.5, 0.6) is 0 Å². The van der Waals surface area contributed by atoms with E-state index in [2.05, 4.69) is 11.4 Å². The summed E-state index contributed by atoms with van der Waals surface area (Å²) in [5.74, 6) is 1.11. The molecule has 0 saturated carbocycles. The maximum atomic E-state index is 13.1. The summed E-state index contributed by atoms with van der Waals surface area (Å²) in [6, 6.07) is 14.0. The summed E-state index contributed by atoms with van der Waals surface area (Å²) >= 11 is 1.69. The van der Waals surface area contributed by atoms with Crippen molar-refractivity contribution in [3.63, 3.8) is 0 Å². The highest BCUT2D eigenvalue weighted by atomic mass is 32.1. The van der Waals surface area contributed by atoms with Gasteiger partial charge in [-0.1, -0.05) is 12.1 Å². The molecule has 4 rings (SSSR count). The van der Waals surface area contributed by atoms with Gasteiger partial charge >= 0.3 is 0 Å². The largest absolute Gasteiger partial charge is 0.378 e. The average Bonchev–Trinajstić information content (AvgIpc) is 3.28. The van der Waals surface area contributed by atoms with E-state index in [1.165, 1.54) is 0 Å². The summed E-state index contributed by atoms with van der Waals surface area (Å²) in [5.41, 5.74) is 3.72. The molecular weight excluding hydrogens is 380 g/mol. The smallest absolute Gasteiger partial charge is 0.253 e. The fourth-order valence-electron chi connectivity index (χ4n) is 3.80. The Morgan fingerprint density at radius 2 is 2.03 bits per heavy atom. The Morgan fingerprint density at radius 1 is 1.17 bits per heavy atom. The third kappa shape index (κ3) is 4.32. The Morgan fingerprint density at radius 3 is 2.79 bits per heavy atom. The summed E-state index contributed by atoms with van der Waals surface area (Å²) in [6.45, 7) is 3.46. The van der Waals surface area contributed by atoms with Crippen LogP contribution in [0.1, 0.15) is 40.6 Å². The van der Waals surface area contributed by atoms with Crippen molar-refractivity contribution in [3.8, 4) is 10.6 Å². The summed E-state index contributed by atoms with van der Waals surface area (Å²) < 4.78 is 0. The maximum absolute atomic E-state index is 13.1. The second kappa shape index (κ2) is 8.33. The molecular formula is C23H26N4OS. The fourth-order valence-corrected chi connectivity index (χ4v) is 4.48. The van der Waals surface area contributed by atoms with Crippen molar-refractivity contribution in [2.45, 2.75) is 25.7 Å². The maximum Gasteiger partial charge on any atom is 0.253 e. The van der Waals surface area contributed by atoms with E-state index in [4.69, 9.17) is 9.97 Å². The molecule has 3 aromatic rings. The van der Waals surface area contributed by atoms with Gasteiger partial charge in [-0.3, -0.25) is 4.79 Å². The van der Waals surface area contributed by atoms with Gasteiger partial charge in [0.05, 0.1) is 10.6 Å². The monoisotopic (exact) mass is 406 g/mol. The molecule has 0 unspecified atom stereocenters. The van der Waals surface area contributed by atoms with Gasteiger partial charge in [-0.15, -0.1) is 11.3 Å². The molecule has 1 aliphatic rings. The van der Waals surface area contributed by atoms with Gasteiger partial charge < -0.3 is 9.80 Å². The quantitative estimate of drug-likeness (QED) is 0.635. The van der Waals surface area contributed by atoms with Crippen LogP contribution in [-0.4, -0.2) is 48.0 Å². The molecule has 0 spiro atoms. The second-order valence-corrected chi connectivity index (χ2v) is 8.71. The number of thiophene rings is 1. The zero-order valence-corrected chi connectivity index (χ0v) is 17.9. The van der Waals surface area contributed by atoms with E-state index >= 15 is 0 Å². The lowest BCUT2D eigenvalue weighted by Gasteiger charge is -2.32. The standard InChI is InChI=1S/C23H26N4OS/c1-16-13-20(21-10-6-12-29-21)25-22(24-16)18-8-5-11-27(15-18)23(28)17-7-4-9-19(14-17)26(2)3/h4,6-7,9-10,12-14,18H,5,8,11,15H2,1-3H3/t18-/m1/s1. The van der Waals surface area contributed by atoms with Crippen LogP contribution in [0, 0.1) is 6.92 Å². The molecule has 0 aliphatic carbocycles. The number of amides is 1. The number of benzene rings is 1. The van der Waals surface area contributed by atoms with Crippen molar-refractivity contribution in [2.24, 2.45) is 0 Å². The number of nitrogens with zero attached hydrogens (tertiary/aromatic N) is 4. The molecule has 6 heteroatoms. The van der Waals surface area contributed by atoms with E-state index in [0.29, 0.717) is 6.54 Å². The van der Waals surface area contributed by atoms with Crippen LogP contribution in [0.25, 0.3) is 10.6 Å². The molecule has 1 aromatic carbocycles. The highest BCUT2D eigenvalue weighted by molar-refractivity contribution is 7.13. The summed E-state index contributed by atoms with van der Waals surface area (Å²) in [5, 5.41) is 2.06. The number of likely N-dealkylation sites (tertiary alicyclic amines) is 1. The first kappa shape index (κ1) is 19.6. The number of rotatable bonds is 4. The van der Waals surface area contributed by atoms with E-state index in [1.54, 1.807) is 11.3 Å². The second-order valence-electron chi connectivity index (χ2n) is 7.77. The van der Waals surface area contributed by atoms with Crippen molar-refractivity contribution in [1.82, 2.24) is 14.9 Å². The van der Waals surface area contributed by atoms with Crippen LogP contribution < -0.4 is 4.90 Å². The summed E-state index contributed by atoms with van der Waals surface area (Å²) in [7, 11) is 3.97. The van der Waals surface area contributed by atoms with E-state index in [1.807, 2.05) is 67.2 Å². The SMILES string of the molecule is Cc1cc(-c2cccs2)nc([C@@H]2CCCN(C(=O)c3cccc(N(C)C)c3)C2)n1. The van der Waals surface area contributed by atoms with Crippen LogP contribution in [0.3, 0.4) is 0 Å². The van der Waals surface area contributed by atoms with Gasteiger partial charge in [0.15, 0.2) is 0 Å². The highest BCUT2D eigenvalue weighted by Gasteiger charge is 2.28. The fraction of sp³-hybridized carbons (Fsp3) is 0.348. The molecule has 0 N–H and O–H groups in total. The number of carbonyl (C=O) groups excluding carboxylic acids is 1. The first-order valence-corrected chi connectivity index (χ1v) is 10.9. The molecule has 1 fully saturated rings. The van der Waals surface area contributed by atoms with Gasteiger partial charge in [0.25, 0.3) is 5.91 Å². The molecule has 0 bridgehead atoms. The number of aryl methyl sites for hydroxylation is 1. The molecule has 150 valence electrons. The van der Waals surface area contributed by atoms with Crippen molar-refractivity contribution >= 4 is 22.9 Å². The third-order valence-electron chi connectivity index (χ3n) is 5.33. The van der Waals surface area contributed by atoms with Crippen molar-refractivity contribution in [2.75, 3.05) is 32.1 Å². The summed E-state index contributed by atoms with van der Waals surface area (Å²) in [6.07, 6.45) is 1.98. The number of piperidine rings is 1. The predicted molar refractivity (Wildman–Crippen MR) is 119 cm³/mol. The van der Waals surface area contributed by atoms with Crippen LogP contribution >= 0.6 is 11.3 Å². The van der Waals surface area contributed by atoms with Gasteiger partial charge in [0, 0.05) is 50.0 Å². The Bertz CT molecular complexity index is 1000. The molecule has 2 aromatic heterocycles. The molecule has 1 atom stereocenters. The van der Waals surface area contributed by atoms with E-state index in [-0.39, 0.29) is 11.8 Å². The van der Waals surface area contributed by atoms with E-state index < -0.39 is 0 Å². The normalized spacial score (nSPS) is 16.7. The van der Waals surface area contributed by atoms with Crippen LogP contribution in [0.15, 0.2) is 47.8 Å². The van der Waals surface area contributed by atoms with E-state index in [0.717, 1.165) is 52.7 Å². The van der Waals surface area contributed by atoms with Gasteiger partial charge in [-0.25, -0.2) is 9.97 Å². The van der Waals surface area contributed by atoms with Crippen molar-refractivity contribution in [3.05, 3.63) is 64.9 Å². The Labute approximate surface area is 176 Å². The highest BCUT2D eigenvalue weighted by Crippen LogP contribution is 2.29. The molecule has 1 aliphatic heterocycles. The lowest BCUT2D eigenvalue weighted by Crippen LogP contribution is -2.39. The first-order chi connectivity index (χ1) is 14.0. The number of anilines is 1. The number of aromatic nitrogens is 2. The number of carbonyl (C=O) groups is 1. The van der Waals surface area contributed by atoms with Crippen molar-refractivity contribution < 1.29 is 4.79 Å². The Kier molecular flexibility index (Phi) is 5.62. The molecule has 3 heterocycles. The van der Waals surface area contributed by atoms with Crippen molar-refractivity contribution in [1.29, 1.82) is 0 Å². The number of hydrogen-bond donors (Lipinski definition) is 0. The van der Waals surface area contributed by atoms with E-state index in [9.17, 15) is 4.79 Å². The molecule has 5 nitrogen and oxygen atoms in total. The van der Waals surface area contributed by atoms with Crippen LogP contribution in [-0.2, 0) is 0 Å². The van der Waals surface area contributed by atoms with Crippen LogP contribution in [0.4, 0.5) is 5.69 Å². The van der Waals surface area contributed by atoms with Crippen LogP contribution in [0.2, 0.25) is 0 Å². The first-order valence-electron chi connectivity index (χ1n) is 9.97. The molecule has 1 amide bonds. The van der Waals surface area contributed by atoms with Gasteiger partial charge in [0.1, 0.15) is 5.82 Å². The molecule has 29 heavy (non-hydrogen) atoms. The van der Waals surface area contributed by atoms with Gasteiger partial charge in [0.2, 0.25) is 0 Å². The minimum absolute atomic E-state index is 0.0875. The minimum atomic E-state index is 0.0875.